The molecule has 0 aromatic heterocycles. The number of allylic oxidation sites excluding steroid dienone is 1. The van der Waals surface area contributed by atoms with Crippen molar-refractivity contribution in [1.82, 2.24) is 4.90 Å². The van der Waals surface area contributed by atoms with Crippen LogP contribution < -0.4 is 0 Å². The average molecular weight is 442 g/mol. The maximum Gasteiger partial charge on any atom is 0.321 e. The summed E-state index contributed by atoms with van der Waals surface area (Å²) in [6.45, 7) is 2.19. The third-order valence-electron chi connectivity index (χ3n) is 6.16. The van der Waals surface area contributed by atoms with Gasteiger partial charge in [0.05, 0.1) is 6.61 Å². The van der Waals surface area contributed by atoms with Crippen molar-refractivity contribution in [2.24, 2.45) is 5.41 Å². The first kappa shape index (κ1) is 22.5. The molecule has 0 aliphatic carbocycles. The number of rotatable bonds is 6. The summed E-state index contributed by atoms with van der Waals surface area (Å²) in [4.78, 5) is 40.9. The van der Waals surface area contributed by atoms with E-state index in [1.165, 1.54) is 4.90 Å². The zero-order valence-corrected chi connectivity index (χ0v) is 18.7. The number of amides is 2. The van der Waals surface area contributed by atoms with Crippen molar-refractivity contribution < 1.29 is 19.1 Å². The van der Waals surface area contributed by atoms with E-state index >= 15 is 0 Å². The van der Waals surface area contributed by atoms with Gasteiger partial charge in [-0.1, -0.05) is 72.8 Å². The monoisotopic (exact) mass is 441 g/mol. The molecule has 0 saturated carbocycles. The van der Waals surface area contributed by atoms with Gasteiger partial charge in [-0.3, -0.25) is 19.3 Å². The van der Waals surface area contributed by atoms with Crippen LogP contribution >= 0.6 is 0 Å². The second-order valence-corrected chi connectivity index (χ2v) is 8.21. The molecule has 3 aromatic rings. The van der Waals surface area contributed by atoms with Crippen LogP contribution in [0.4, 0.5) is 0 Å². The molecule has 1 fully saturated rings. The predicted octanol–water partition coefficient (Wildman–Crippen LogP) is 5.26. The molecule has 1 atom stereocenters. The molecule has 3 aromatic carbocycles. The molecular formula is C28H27NO4. The number of hydrogen-bond acceptors (Lipinski definition) is 4. The van der Waals surface area contributed by atoms with Gasteiger partial charge in [0.1, 0.15) is 0 Å². The summed E-state index contributed by atoms with van der Waals surface area (Å²) < 4.78 is 5.33. The second-order valence-electron chi connectivity index (χ2n) is 8.21. The van der Waals surface area contributed by atoms with E-state index in [4.69, 9.17) is 4.74 Å². The van der Waals surface area contributed by atoms with Crippen molar-refractivity contribution in [2.75, 3.05) is 13.2 Å². The highest BCUT2D eigenvalue weighted by Crippen LogP contribution is 2.38. The summed E-state index contributed by atoms with van der Waals surface area (Å²) in [5.41, 5.74) is 0.0316. The molecule has 0 bridgehead atoms. The van der Waals surface area contributed by atoms with Gasteiger partial charge in [0.25, 0.3) is 5.91 Å². The van der Waals surface area contributed by atoms with Crippen LogP contribution in [-0.4, -0.2) is 35.8 Å². The number of benzene rings is 3. The van der Waals surface area contributed by atoms with Gasteiger partial charge in [-0.2, -0.15) is 0 Å². The highest BCUT2D eigenvalue weighted by atomic mass is 16.5. The van der Waals surface area contributed by atoms with Crippen LogP contribution in [0, 0.1) is 5.41 Å². The van der Waals surface area contributed by atoms with Gasteiger partial charge < -0.3 is 4.74 Å². The Hall–Kier alpha value is -3.73. The summed E-state index contributed by atoms with van der Waals surface area (Å²) in [5.74, 6) is -1.43. The smallest absolute Gasteiger partial charge is 0.321 e. The third kappa shape index (κ3) is 4.44. The Bertz CT molecular complexity index is 1200. The van der Waals surface area contributed by atoms with Crippen molar-refractivity contribution in [3.05, 3.63) is 90.0 Å². The maximum absolute atomic E-state index is 13.6. The predicted molar refractivity (Wildman–Crippen MR) is 128 cm³/mol. The van der Waals surface area contributed by atoms with Gasteiger partial charge >= 0.3 is 5.97 Å². The van der Waals surface area contributed by atoms with Crippen LogP contribution in [-0.2, 0) is 14.3 Å². The number of carbonyl (C=O) groups is 3. The number of likely N-dealkylation sites (tertiary alicyclic amines) is 1. The molecule has 0 N–H and O–H groups in total. The van der Waals surface area contributed by atoms with E-state index in [1.54, 1.807) is 31.2 Å². The van der Waals surface area contributed by atoms with Gasteiger partial charge in [-0.05, 0) is 54.7 Å². The molecule has 5 heteroatoms. The largest absolute Gasteiger partial charge is 0.465 e. The number of fused-ring (bicyclic) bond motifs is 1. The fourth-order valence-corrected chi connectivity index (χ4v) is 4.45. The van der Waals surface area contributed by atoms with Crippen LogP contribution in [0.1, 0.15) is 42.1 Å². The molecule has 4 rings (SSSR count). The first-order chi connectivity index (χ1) is 16.1. The minimum Gasteiger partial charge on any atom is -0.465 e. The highest BCUT2D eigenvalue weighted by Gasteiger charge is 2.52. The average Bonchev–Trinajstić information content (AvgIpc) is 2.85. The quantitative estimate of drug-likeness (QED) is 0.298. The maximum atomic E-state index is 13.6. The van der Waals surface area contributed by atoms with E-state index in [9.17, 15) is 14.4 Å². The van der Waals surface area contributed by atoms with Crippen LogP contribution in [0.3, 0.4) is 0 Å². The molecule has 33 heavy (non-hydrogen) atoms. The highest BCUT2D eigenvalue weighted by molar-refractivity contribution is 6.13. The number of ether oxygens (including phenoxy) is 1. The number of carbonyl (C=O) groups excluding carboxylic acids is 3. The molecule has 0 radical (unpaired) electrons. The molecule has 1 saturated heterocycles. The molecule has 168 valence electrons. The van der Waals surface area contributed by atoms with E-state index in [-0.39, 0.29) is 18.9 Å². The van der Waals surface area contributed by atoms with Crippen molar-refractivity contribution in [2.45, 2.75) is 26.2 Å². The Morgan fingerprint density at radius 3 is 2.52 bits per heavy atom. The number of esters is 1. The third-order valence-corrected chi connectivity index (χ3v) is 6.16. The molecule has 0 spiro atoms. The molecule has 1 aliphatic rings. The van der Waals surface area contributed by atoms with Gasteiger partial charge in [0.15, 0.2) is 5.41 Å². The molecular weight excluding hydrogens is 414 g/mol. The minimum absolute atomic E-state index is 0.173. The Balaban J connectivity index is 1.64. The summed E-state index contributed by atoms with van der Waals surface area (Å²) in [6, 6.07) is 22.8. The number of hydrogen-bond donors (Lipinski definition) is 0. The van der Waals surface area contributed by atoms with Crippen molar-refractivity contribution in [3.8, 4) is 0 Å². The first-order valence-electron chi connectivity index (χ1n) is 11.3. The number of nitrogens with zero attached hydrogens (tertiary/aromatic N) is 1. The SMILES string of the molecule is CCOC(=O)C1(CC=Cc2cccc3ccccc23)CCCN(C(=O)c2ccccc2)C1=O. The lowest BCUT2D eigenvalue weighted by molar-refractivity contribution is -0.166. The van der Waals surface area contributed by atoms with Crippen molar-refractivity contribution in [3.63, 3.8) is 0 Å². The van der Waals surface area contributed by atoms with Crippen LogP contribution in [0.15, 0.2) is 78.9 Å². The lowest BCUT2D eigenvalue weighted by atomic mass is 9.75. The molecule has 1 heterocycles. The molecule has 1 aliphatic heterocycles. The van der Waals surface area contributed by atoms with Gasteiger partial charge in [0.2, 0.25) is 5.91 Å². The van der Waals surface area contributed by atoms with Crippen molar-refractivity contribution in [1.29, 1.82) is 0 Å². The number of imide groups is 1. The van der Waals surface area contributed by atoms with E-state index in [0.717, 1.165) is 16.3 Å². The van der Waals surface area contributed by atoms with E-state index in [0.29, 0.717) is 24.9 Å². The molecule has 1 unspecified atom stereocenters. The van der Waals surface area contributed by atoms with E-state index in [2.05, 4.69) is 0 Å². The van der Waals surface area contributed by atoms with E-state index in [1.807, 2.05) is 60.7 Å². The Labute approximate surface area is 193 Å². The fourth-order valence-electron chi connectivity index (χ4n) is 4.45. The lowest BCUT2D eigenvalue weighted by Crippen LogP contribution is -2.55. The normalized spacial score (nSPS) is 18.6. The minimum atomic E-state index is -1.40. The standard InChI is InChI=1S/C28H27NO4/c1-2-33-27(32)28(18-9-16-22-15-8-14-21-11-6-7-17-24(21)22)19-10-20-29(26(28)31)25(30)23-12-4-3-5-13-23/h3-9,11-17H,2,10,18-20H2,1H3. The Morgan fingerprint density at radius 1 is 1.00 bits per heavy atom. The summed E-state index contributed by atoms with van der Waals surface area (Å²) >= 11 is 0. The zero-order valence-electron chi connectivity index (χ0n) is 18.7. The summed E-state index contributed by atoms with van der Waals surface area (Å²) in [5, 5.41) is 2.21. The first-order valence-corrected chi connectivity index (χ1v) is 11.3. The molecule has 5 nitrogen and oxygen atoms in total. The van der Waals surface area contributed by atoms with Crippen LogP contribution in [0.2, 0.25) is 0 Å². The van der Waals surface area contributed by atoms with E-state index < -0.39 is 17.3 Å². The van der Waals surface area contributed by atoms with Crippen molar-refractivity contribution >= 4 is 34.6 Å². The fraction of sp³-hybridized carbons (Fsp3) is 0.250. The van der Waals surface area contributed by atoms with Gasteiger partial charge in [0, 0.05) is 12.1 Å². The second kappa shape index (κ2) is 9.82. The summed E-state index contributed by atoms with van der Waals surface area (Å²) in [6.07, 6.45) is 4.86. The Morgan fingerprint density at radius 2 is 1.73 bits per heavy atom. The van der Waals surface area contributed by atoms with Crippen LogP contribution in [0.25, 0.3) is 16.8 Å². The number of piperidine rings is 1. The zero-order chi connectivity index (χ0) is 23.3. The molecule has 2 amide bonds. The van der Waals surface area contributed by atoms with Gasteiger partial charge in [-0.15, -0.1) is 0 Å². The van der Waals surface area contributed by atoms with Crippen LogP contribution in [0.5, 0.6) is 0 Å². The Kier molecular flexibility index (Phi) is 6.68. The lowest BCUT2D eigenvalue weighted by Gasteiger charge is -2.38. The summed E-state index contributed by atoms with van der Waals surface area (Å²) in [7, 11) is 0. The topological polar surface area (TPSA) is 63.7 Å². The van der Waals surface area contributed by atoms with Gasteiger partial charge in [-0.25, -0.2) is 0 Å².